The van der Waals surface area contributed by atoms with Crippen molar-refractivity contribution < 1.29 is 19.4 Å². The van der Waals surface area contributed by atoms with Crippen molar-refractivity contribution in [3.63, 3.8) is 0 Å². The number of fused-ring (bicyclic) bond motifs is 3. The number of carboxylic acids is 1. The lowest BCUT2D eigenvalue weighted by Crippen LogP contribution is -2.32. The van der Waals surface area contributed by atoms with E-state index in [1.165, 1.54) is 0 Å². The first kappa shape index (κ1) is 20.2. The zero-order valence-corrected chi connectivity index (χ0v) is 16.6. The number of carbonyl (C=O) groups is 2. The molecule has 0 fully saturated rings. The van der Waals surface area contributed by atoms with Crippen LogP contribution < -0.4 is 5.32 Å². The van der Waals surface area contributed by atoms with Gasteiger partial charge in [0.25, 0.3) is 0 Å². The molecule has 0 aromatic heterocycles. The highest BCUT2D eigenvalue weighted by Gasteiger charge is 2.29. The summed E-state index contributed by atoms with van der Waals surface area (Å²) in [6, 6.07) is 23.8. The average molecular weight is 412 g/mol. The van der Waals surface area contributed by atoms with Gasteiger partial charge in [-0.25, -0.2) is 4.79 Å². The van der Waals surface area contributed by atoms with Gasteiger partial charge in [0.2, 0.25) is 0 Å². The number of carbonyl (C=O) groups excluding carboxylic acids is 1. The number of amides is 1. The van der Waals surface area contributed by atoms with Crippen molar-refractivity contribution in [1.82, 2.24) is 5.32 Å². The van der Waals surface area contributed by atoms with E-state index in [0.29, 0.717) is 11.1 Å². The lowest BCUT2D eigenvalue weighted by molar-refractivity contribution is -0.137. The highest BCUT2D eigenvalue weighted by atomic mass is 16.5. The molecule has 2 N–H and O–H groups in total. The molecule has 6 heteroatoms. The van der Waals surface area contributed by atoms with Gasteiger partial charge in [0.1, 0.15) is 6.61 Å². The molecule has 0 saturated carbocycles. The molecule has 1 atom stereocenters. The van der Waals surface area contributed by atoms with Crippen LogP contribution in [0.15, 0.2) is 72.8 Å². The van der Waals surface area contributed by atoms with E-state index < -0.39 is 18.1 Å². The molecule has 0 bridgehead atoms. The largest absolute Gasteiger partial charge is 0.481 e. The summed E-state index contributed by atoms with van der Waals surface area (Å²) in [4.78, 5) is 23.9. The number of hydrogen-bond acceptors (Lipinski definition) is 4. The van der Waals surface area contributed by atoms with Gasteiger partial charge in [0.15, 0.2) is 0 Å². The number of carboxylic acid groups (broad SMARTS) is 1. The summed E-state index contributed by atoms with van der Waals surface area (Å²) in [7, 11) is 0. The van der Waals surface area contributed by atoms with E-state index >= 15 is 0 Å². The lowest BCUT2D eigenvalue weighted by atomic mass is 9.98. The van der Waals surface area contributed by atoms with Gasteiger partial charge in [-0.05, 0) is 33.9 Å². The number of aliphatic carboxylic acids is 1. The molecule has 1 aliphatic rings. The quantitative estimate of drug-likeness (QED) is 0.616. The summed E-state index contributed by atoms with van der Waals surface area (Å²) < 4.78 is 5.52. The molecule has 31 heavy (non-hydrogen) atoms. The number of nitriles is 1. The van der Waals surface area contributed by atoms with Crippen molar-refractivity contribution >= 4 is 12.1 Å². The Bertz CT molecular complexity index is 1140. The number of nitrogens with one attached hydrogen (secondary N) is 1. The molecule has 0 spiro atoms. The Hall–Kier alpha value is -4.11. The Morgan fingerprint density at radius 1 is 0.968 bits per heavy atom. The number of benzene rings is 3. The maximum atomic E-state index is 12.6. The molecule has 0 radical (unpaired) electrons. The standard InChI is InChI=1S/C25H20N2O4/c26-14-16-7-1-2-8-17(16)23(13-24(28)29)27-25(30)31-15-22-20-11-5-3-9-18(20)19-10-4-6-12-21(19)22/h1-12,22-23H,13,15H2,(H,27,30)(H,28,29)/t23-/m0/s1. The molecule has 0 heterocycles. The summed E-state index contributed by atoms with van der Waals surface area (Å²) in [6.45, 7) is 0.125. The number of ether oxygens (including phenoxy) is 1. The monoisotopic (exact) mass is 412 g/mol. The predicted molar refractivity (Wildman–Crippen MR) is 114 cm³/mol. The summed E-state index contributed by atoms with van der Waals surface area (Å²) in [5.41, 5.74) is 5.19. The first-order valence-corrected chi connectivity index (χ1v) is 9.91. The fourth-order valence-electron chi connectivity index (χ4n) is 4.10. The molecule has 0 saturated heterocycles. The van der Waals surface area contributed by atoms with Gasteiger partial charge < -0.3 is 15.2 Å². The molecule has 154 valence electrons. The van der Waals surface area contributed by atoms with Crippen molar-refractivity contribution in [1.29, 1.82) is 5.26 Å². The van der Waals surface area contributed by atoms with Crippen molar-refractivity contribution in [2.24, 2.45) is 0 Å². The lowest BCUT2D eigenvalue weighted by Gasteiger charge is -2.20. The molecule has 4 rings (SSSR count). The first-order chi connectivity index (χ1) is 15.1. The minimum absolute atomic E-state index is 0.0949. The maximum absolute atomic E-state index is 12.6. The van der Waals surface area contributed by atoms with Crippen LogP contribution in [0.3, 0.4) is 0 Å². The van der Waals surface area contributed by atoms with E-state index in [1.807, 2.05) is 42.5 Å². The summed E-state index contributed by atoms with van der Waals surface area (Å²) >= 11 is 0. The zero-order chi connectivity index (χ0) is 21.8. The summed E-state index contributed by atoms with van der Waals surface area (Å²) in [6.07, 6.45) is -1.08. The maximum Gasteiger partial charge on any atom is 0.407 e. The smallest absolute Gasteiger partial charge is 0.407 e. The van der Waals surface area contributed by atoms with Crippen LogP contribution in [-0.2, 0) is 9.53 Å². The molecule has 0 aliphatic heterocycles. The van der Waals surface area contributed by atoms with Crippen molar-refractivity contribution in [2.75, 3.05) is 6.61 Å². The Kier molecular flexibility index (Phi) is 5.67. The molecular formula is C25H20N2O4. The second-order valence-electron chi connectivity index (χ2n) is 7.32. The highest BCUT2D eigenvalue weighted by molar-refractivity contribution is 5.79. The van der Waals surface area contributed by atoms with Gasteiger partial charge in [-0.2, -0.15) is 5.26 Å². The van der Waals surface area contributed by atoms with Gasteiger partial charge in [-0.15, -0.1) is 0 Å². The minimum atomic E-state index is -1.09. The molecule has 3 aromatic carbocycles. The number of rotatable bonds is 6. The van der Waals surface area contributed by atoms with Crippen LogP contribution in [0.5, 0.6) is 0 Å². The topological polar surface area (TPSA) is 99.4 Å². The third kappa shape index (κ3) is 4.12. The molecule has 1 aliphatic carbocycles. The Balaban J connectivity index is 1.51. The van der Waals surface area contributed by atoms with E-state index in [9.17, 15) is 20.0 Å². The number of alkyl carbamates (subject to hydrolysis) is 1. The Morgan fingerprint density at radius 3 is 2.16 bits per heavy atom. The fourth-order valence-corrected chi connectivity index (χ4v) is 4.10. The van der Waals surface area contributed by atoms with E-state index in [-0.39, 0.29) is 18.9 Å². The second kappa shape index (κ2) is 8.72. The molecule has 6 nitrogen and oxygen atoms in total. The minimum Gasteiger partial charge on any atom is -0.481 e. The third-order valence-electron chi connectivity index (χ3n) is 5.47. The van der Waals surface area contributed by atoms with Crippen molar-refractivity contribution in [2.45, 2.75) is 18.4 Å². The van der Waals surface area contributed by atoms with E-state index in [1.54, 1.807) is 24.3 Å². The molecule has 3 aromatic rings. The van der Waals surface area contributed by atoms with Crippen LogP contribution in [0, 0.1) is 11.3 Å². The summed E-state index contributed by atoms with van der Waals surface area (Å²) in [5.74, 6) is -1.18. The van der Waals surface area contributed by atoms with Crippen LogP contribution in [0.1, 0.15) is 40.6 Å². The van der Waals surface area contributed by atoms with Gasteiger partial charge >= 0.3 is 12.1 Å². The van der Waals surface area contributed by atoms with Crippen molar-refractivity contribution in [3.8, 4) is 17.2 Å². The van der Waals surface area contributed by atoms with Gasteiger partial charge in [-0.3, -0.25) is 4.79 Å². The number of nitrogens with zero attached hydrogens (tertiary/aromatic N) is 1. The SMILES string of the molecule is N#Cc1ccccc1[C@H](CC(=O)O)NC(=O)OCC1c2ccccc2-c2ccccc21. The first-order valence-electron chi connectivity index (χ1n) is 9.91. The van der Waals surface area contributed by atoms with Gasteiger partial charge in [0.05, 0.1) is 24.1 Å². The molecular weight excluding hydrogens is 392 g/mol. The predicted octanol–water partition coefficient (Wildman–Crippen LogP) is 4.61. The molecule has 0 unspecified atom stereocenters. The van der Waals surface area contributed by atoms with E-state index in [0.717, 1.165) is 22.3 Å². The van der Waals surface area contributed by atoms with Crippen LogP contribution in [0.25, 0.3) is 11.1 Å². The number of hydrogen-bond donors (Lipinski definition) is 2. The highest BCUT2D eigenvalue weighted by Crippen LogP contribution is 2.44. The van der Waals surface area contributed by atoms with Gasteiger partial charge in [-0.1, -0.05) is 66.7 Å². The Morgan fingerprint density at radius 2 is 1.55 bits per heavy atom. The average Bonchev–Trinajstić information content (AvgIpc) is 3.11. The zero-order valence-electron chi connectivity index (χ0n) is 16.6. The van der Waals surface area contributed by atoms with E-state index in [4.69, 9.17) is 4.74 Å². The third-order valence-corrected chi connectivity index (χ3v) is 5.47. The second-order valence-corrected chi connectivity index (χ2v) is 7.32. The molecule has 1 amide bonds. The van der Waals surface area contributed by atoms with Crippen LogP contribution in [0.2, 0.25) is 0 Å². The summed E-state index contributed by atoms with van der Waals surface area (Å²) in [5, 5.41) is 21.2. The van der Waals surface area contributed by atoms with Gasteiger partial charge in [0, 0.05) is 5.92 Å². The van der Waals surface area contributed by atoms with E-state index in [2.05, 4.69) is 17.4 Å². The fraction of sp³-hybridized carbons (Fsp3) is 0.160. The van der Waals surface area contributed by atoms with Crippen LogP contribution >= 0.6 is 0 Å². The van der Waals surface area contributed by atoms with Crippen LogP contribution in [0.4, 0.5) is 4.79 Å². The normalized spacial score (nSPS) is 12.9. The Labute approximate surface area is 179 Å². The van der Waals surface area contributed by atoms with Crippen LogP contribution in [-0.4, -0.2) is 23.8 Å². The van der Waals surface area contributed by atoms with Crippen molar-refractivity contribution in [3.05, 3.63) is 95.1 Å².